The van der Waals surface area contributed by atoms with Gasteiger partial charge in [-0.05, 0) is 61.6 Å². The number of carbonyl (C=O) groups excluding carboxylic acids is 2. The van der Waals surface area contributed by atoms with Crippen LogP contribution in [0.1, 0.15) is 35.4 Å². The number of ether oxygens (including phenoxy) is 2. The van der Waals surface area contributed by atoms with Gasteiger partial charge in [-0.1, -0.05) is 29.8 Å². The lowest BCUT2D eigenvalue weighted by atomic mass is 9.91. The van der Waals surface area contributed by atoms with Crippen molar-refractivity contribution in [2.24, 2.45) is 0 Å². The zero-order chi connectivity index (χ0) is 23.5. The minimum absolute atomic E-state index is 0.174. The van der Waals surface area contributed by atoms with E-state index in [1.807, 2.05) is 18.2 Å². The van der Waals surface area contributed by atoms with Crippen LogP contribution in [0.15, 0.2) is 52.9 Å². The lowest BCUT2D eigenvalue weighted by Crippen LogP contribution is -2.61. The molecule has 1 aromatic heterocycles. The Kier molecular flexibility index (Phi) is 6.48. The predicted molar refractivity (Wildman–Crippen MR) is 128 cm³/mol. The molecule has 2 aliphatic rings. The minimum atomic E-state index is -1.10. The summed E-state index contributed by atoms with van der Waals surface area (Å²) < 4.78 is 17.8. The highest BCUT2D eigenvalue weighted by Crippen LogP contribution is 2.30. The van der Waals surface area contributed by atoms with Crippen LogP contribution in [0.2, 0.25) is 5.02 Å². The summed E-state index contributed by atoms with van der Waals surface area (Å²) in [5.74, 6) is 0.628. The Bertz CT molecular complexity index is 1210. The molecule has 2 amide bonds. The highest BCUT2D eigenvalue weighted by molar-refractivity contribution is 6.31. The normalized spacial score (nSPS) is 21.8. The van der Waals surface area contributed by atoms with Gasteiger partial charge in [-0.25, -0.2) is 0 Å². The number of furan rings is 1. The van der Waals surface area contributed by atoms with Crippen molar-refractivity contribution in [3.8, 4) is 5.75 Å². The van der Waals surface area contributed by atoms with E-state index in [4.69, 9.17) is 25.5 Å². The second-order valence-electron chi connectivity index (χ2n) is 8.78. The van der Waals surface area contributed by atoms with Crippen LogP contribution >= 0.6 is 11.6 Å². The molecule has 1 N–H and O–H groups in total. The first kappa shape index (κ1) is 22.7. The number of benzene rings is 2. The number of rotatable bonds is 1. The molecule has 8 heteroatoms. The number of hydrogen-bond acceptors (Lipinski definition) is 5. The smallest absolute Gasteiger partial charge is 0.289 e. The van der Waals surface area contributed by atoms with Crippen molar-refractivity contribution < 1.29 is 23.5 Å². The first-order valence-electron chi connectivity index (χ1n) is 11.7. The molecule has 0 radical (unpaired) electrons. The third kappa shape index (κ3) is 4.63. The highest BCUT2D eigenvalue weighted by atomic mass is 35.5. The van der Waals surface area contributed by atoms with E-state index in [2.05, 4.69) is 11.4 Å². The molecule has 2 aliphatic heterocycles. The highest BCUT2D eigenvalue weighted by Gasteiger charge is 2.45. The Morgan fingerprint density at radius 1 is 1.09 bits per heavy atom. The minimum Gasteiger partial charge on any atom is -0.491 e. The van der Waals surface area contributed by atoms with E-state index in [0.717, 1.165) is 36.0 Å². The molecule has 1 spiro atoms. The Morgan fingerprint density at radius 3 is 2.88 bits per heavy atom. The summed E-state index contributed by atoms with van der Waals surface area (Å²) in [6.45, 7) is 1.57. The van der Waals surface area contributed by atoms with E-state index < -0.39 is 5.60 Å². The molecule has 2 aromatic carbocycles. The number of morpholine rings is 1. The van der Waals surface area contributed by atoms with Crippen LogP contribution in [0.3, 0.4) is 0 Å². The van der Waals surface area contributed by atoms with Crippen LogP contribution in [0.25, 0.3) is 11.0 Å². The average Bonchev–Trinajstić information content (AvgIpc) is 3.27. The van der Waals surface area contributed by atoms with E-state index >= 15 is 0 Å². The summed E-state index contributed by atoms with van der Waals surface area (Å²) in [6, 6.07) is 14.9. The van der Waals surface area contributed by atoms with Gasteiger partial charge in [-0.3, -0.25) is 9.59 Å². The van der Waals surface area contributed by atoms with Gasteiger partial charge in [0.15, 0.2) is 11.4 Å². The van der Waals surface area contributed by atoms with E-state index in [1.165, 1.54) is 0 Å². The quantitative estimate of drug-likeness (QED) is 0.561. The number of fused-ring (bicyclic) bond motifs is 2. The standard InChI is InChI=1S/C26H27ClN2O5/c27-20-8-9-22-19(15-20)16-23(34-22)24(30)29-12-14-33-26(17-29)10-4-3-6-18-5-1-2-7-21(18)32-13-11-28-25(26)31/h1-2,5,7-9,15-16H,3-4,6,10-14,17H2,(H,28,31). The zero-order valence-electron chi connectivity index (χ0n) is 18.8. The van der Waals surface area contributed by atoms with Gasteiger partial charge < -0.3 is 24.1 Å². The second kappa shape index (κ2) is 9.68. The number of para-hydroxylation sites is 1. The van der Waals surface area contributed by atoms with Crippen LogP contribution in [-0.4, -0.2) is 55.2 Å². The Labute approximate surface area is 202 Å². The number of halogens is 1. The topological polar surface area (TPSA) is 81.0 Å². The number of carbonyl (C=O) groups is 2. The maximum Gasteiger partial charge on any atom is 0.289 e. The molecular weight excluding hydrogens is 456 g/mol. The molecule has 1 saturated heterocycles. The SMILES string of the molecule is O=C(c1cc2cc(Cl)ccc2o1)N1CCOC2(CCCCc3ccccc3OCCNC2=O)C1. The summed E-state index contributed by atoms with van der Waals surface area (Å²) in [6.07, 6.45) is 3.06. The molecule has 34 heavy (non-hydrogen) atoms. The molecule has 0 saturated carbocycles. The molecule has 0 aliphatic carbocycles. The summed E-state index contributed by atoms with van der Waals surface area (Å²) in [5, 5.41) is 4.30. The third-order valence-corrected chi connectivity index (χ3v) is 6.71. The largest absolute Gasteiger partial charge is 0.491 e. The van der Waals surface area contributed by atoms with Crippen LogP contribution in [-0.2, 0) is 16.0 Å². The summed E-state index contributed by atoms with van der Waals surface area (Å²) in [5.41, 5.74) is 0.664. The van der Waals surface area contributed by atoms with Crippen molar-refractivity contribution in [3.05, 3.63) is 64.9 Å². The van der Waals surface area contributed by atoms with Gasteiger partial charge in [-0.2, -0.15) is 0 Å². The number of hydrogen-bond donors (Lipinski definition) is 1. The Balaban J connectivity index is 1.33. The molecule has 0 bridgehead atoms. The number of aryl methyl sites for hydroxylation is 1. The molecule has 5 rings (SSSR count). The van der Waals surface area contributed by atoms with Crippen molar-refractivity contribution >= 4 is 34.4 Å². The molecule has 1 atom stereocenters. The van der Waals surface area contributed by atoms with Crippen LogP contribution < -0.4 is 10.1 Å². The Morgan fingerprint density at radius 2 is 1.97 bits per heavy atom. The van der Waals surface area contributed by atoms with Gasteiger partial charge in [0.25, 0.3) is 11.8 Å². The fourth-order valence-electron chi connectivity index (χ4n) is 4.70. The lowest BCUT2D eigenvalue weighted by molar-refractivity contribution is -0.159. The number of nitrogens with one attached hydrogen (secondary N) is 1. The average molecular weight is 483 g/mol. The first-order chi connectivity index (χ1) is 16.5. The fourth-order valence-corrected chi connectivity index (χ4v) is 4.88. The molecule has 1 unspecified atom stereocenters. The Hall–Kier alpha value is -3.03. The first-order valence-corrected chi connectivity index (χ1v) is 12.0. The van der Waals surface area contributed by atoms with Crippen molar-refractivity contribution in [3.63, 3.8) is 0 Å². The third-order valence-electron chi connectivity index (χ3n) is 6.47. The van der Waals surface area contributed by atoms with Gasteiger partial charge in [-0.15, -0.1) is 0 Å². The number of nitrogens with zero attached hydrogens (tertiary/aromatic N) is 1. The zero-order valence-corrected chi connectivity index (χ0v) is 19.6. The molecule has 7 nitrogen and oxygen atoms in total. The van der Waals surface area contributed by atoms with Crippen molar-refractivity contribution in [2.75, 3.05) is 32.8 Å². The van der Waals surface area contributed by atoms with Crippen LogP contribution in [0.5, 0.6) is 5.75 Å². The summed E-state index contributed by atoms with van der Waals surface area (Å²) in [7, 11) is 0. The van der Waals surface area contributed by atoms with Crippen molar-refractivity contribution in [2.45, 2.75) is 31.3 Å². The maximum absolute atomic E-state index is 13.3. The van der Waals surface area contributed by atoms with Gasteiger partial charge >= 0.3 is 0 Å². The van der Waals surface area contributed by atoms with Gasteiger partial charge in [0, 0.05) is 17.0 Å². The monoisotopic (exact) mass is 482 g/mol. The fraction of sp³-hybridized carbons (Fsp3) is 0.385. The number of amides is 2. The molecule has 178 valence electrons. The van der Waals surface area contributed by atoms with E-state index in [1.54, 1.807) is 29.2 Å². The summed E-state index contributed by atoms with van der Waals surface area (Å²) in [4.78, 5) is 28.2. The predicted octanol–water partition coefficient (Wildman–Crippen LogP) is 4.22. The van der Waals surface area contributed by atoms with E-state index in [0.29, 0.717) is 36.7 Å². The molecule has 3 aromatic rings. The van der Waals surface area contributed by atoms with Crippen molar-refractivity contribution in [1.82, 2.24) is 10.2 Å². The van der Waals surface area contributed by atoms with Crippen LogP contribution in [0, 0.1) is 0 Å². The lowest BCUT2D eigenvalue weighted by Gasteiger charge is -2.41. The maximum atomic E-state index is 13.3. The van der Waals surface area contributed by atoms with E-state index in [9.17, 15) is 9.59 Å². The van der Waals surface area contributed by atoms with Crippen LogP contribution in [0.4, 0.5) is 0 Å². The van der Waals surface area contributed by atoms with Gasteiger partial charge in [0.2, 0.25) is 0 Å². The van der Waals surface area contributed by atoms with Gasteiger partial charge in [0.1, 0.15) is 17.9 Å². The molecular formula is C26H27ClN2O5. The molecule has 1 fully saturated rings. The summed E-state index contributed by atoms with van der Waals surface area (Å²) >= 11 is 6.07. The second-order valence-corrected chi connectivity index (χ2v) is 9.22. The van der Waals surface area contributed by atoms with E-state index in [-0.39, 0.29) is 30.7 Å². The molecule has 3 heterocycles. The van der Waals surface area contributed by atoms with Crippen molar-refractivity contribution in [1.29, 1.82) is 0 Å². The van der Waals surface area contributed by atoms with Gasteiger partial charge in [0.05, 0.1) is 19.7 Å².